The van der Waals surface area contributed by atoms with Crippen LogP contribution in [0.1, 0.15) is 24.1 Å². The Labute approximate surface area is 180 Å². The highest BCUT2D eigenvalue weighted by Gasteiger charge is 2.30. The molecule has 3 aromatic carbocycles. The van der Waals surface area contributed by atoms with Crippen LogP contribution in [0.4, 0.5) is 5.69 Å². The third-order valence-electron chi connectivity index (χ3n) is 4.91. The molecule has 3 aromatic rings. The summed E-state index contributed by atoms with van der Waals surface area (Å²) in [6.07, 6.45) is 1.88. The molecule has 0 aromatic heterocycles. The normalized spacial score (nSPS) is 15.6. The molecule has 0 saturated carbocycles. The van der Waals surface area contributed by atoms with Gasteiger partial charge >= 0.3 is 0 Å². The average molecular weight is 415 g/mol. The number of fused-ring (bicyclic) bond motifs is 1. The Bertz CT molecular complexity index is 1080. The van der Waals surface area contributed by atoms with Crippen molar-refractivity contribution < 1.29 is 9.59 Å². The Hall–Kier alpha value is -3.31. The number of carbonyl (C=O) groups is 2. The number of benzene rings is 3. The lowest BCUT2D eigenvalue weighted by atomic mass is 10.1. The topological polar surface area (TPSA) is 49.4 Å². The van der Waals surface area contributed by atoms with Crippen LogP contribution >= 0.6 is 11.8 Å². The highest BCUT2D eigenvalue weighted by atomic mass is 32.2. The van der Waals surface area contributed by atoms with E-state index >= 15 is 0 Å². The van der Waals surface area contributed by atoms with Crippen LogP contribution in [0.3, 0.4) is 0 Å². The number of nitrogens with one attached hydrogen (secondary N) is 1. The van der Waals surface area contributed by atoms with Crippen molar-refractivity contribution >= 4 is 35.3 Å². The van der Waals surface area contributed by atoms with Gasteiger partial charge in [-0.05, 0) is 36.3 Å². The molecule has 1 aliphatic heterocycles. The van der Waals surface area contributed by atoms with Crippen molar-refractivity contribution in [3.63, 3.8) is 0 Å². The second-order valence-corrected chi connectivity index (χ2v) is 8.16. The van der Waals surface area contributed by atoms with Gasteiger partial charge in [-0.15, -0.1) is 0 Å². The molecule has 5 heteroatoms. The molecule has 1 heterocycles. The highest BCUT2D eigenvalue weighted by Crippen LogP contribution is 2.41. The first-order valence-electron chi connectivity index (χ1n) is 9.81. The maximum atomic E-state index is 13.2. The molecule has 30 heavy (non-hydrogen) atoms. The molecule has 0 saturated heterocycles. The highest BCUT2D eigenvalue weighted by molar-refractivity contribution is 8.04. The Morgan fingerprint density at radius 2 is 1.60 bits per heavy atom. The summed E-state index contributed by atoms with van der Waals surface area (Å²) in [6.45, 7) is 1.91. The van der Waals surface area contributed by atoms with E-state index in [0.717, 1.165) is 21.7 Å². The lowest BCUT2D eigenvalue weighted by Crippen LogP contribution is -2.43. The van der Waals surface area contributed by atoms with Gasteiger partial charge in [0.15, 0.2) is 0 Å². The van der Waals surface area contributed by atoms with Crippen molar-refractivity contribution in [2.45, 2.75) is 17.9 Å². The number of thioether (sulfide) groups is 1. The minimum atomic E-state index is -0.194. The summed E-state index contributed by atoms with van der Waals surface area (Å²) >= 11 is 1.44. The van der Waals surface area contributed by atoms with Crippen LogP contribution in [0.2, 0.25) is 0 Å². The SMILES string of the molecule is CC(NC(=O)CN1C(=O)C(=Cc2ccccc2)Sc2ccccc21)c1ccccc1. The van der Waals surface area contributed by atoms with Crippen LogP contribution in [0.25, 0.3) is 6.08 Å². The average Bonchev–Trinajstić information content (AvgIpc) is 2.78. The summed E-state index contributed by atoms with van der Waals surface area (Å²) in [5.41, 5.74) is 2.74. The van der Waals surface area contributed by atoms with E-state index in [1.807, 2.05) is 97.9 Å². The summed E-state index contributed by atoms with van der Waals surface area (Å²) in [5, 5.41) is 3.00. The number of hydrogen-bond acceptors (Lipinski definition) is 3. The quantitative estimate of drug-likeness (QED) is 0.595. The van der Waals surface area contributed by atoms with Crippen molar-refractivity contribution in [1.29, 1.82) is 0 Å². The first kappa shape index (κ1) is 20.0. The van der Waals surface area contributed by atoms with Gasteiger partial charge in [0.25, 0.3) is 5.91 Å². The molecule has 4 rings (SSSR count). The molecule has 1 atom stereocenters. The van der Waals surface area contributed by atoms with Crippen LogP contribution in [0, 0.1) is 0 Å². The summed E-state index contributed by atoms with van der Waals surface area (Å²) in [4.78, 5) is 29.1. The maximum Gasteiger partial charge on any atom is 0.265 e. The van der Waals surface area contributed by atoms with Gasteiger partial charge in [0.2, 0.25) is 5.91 Å². The Kier molecular flexibility index (Phi) is 6.00. The second-order valence-electron chi connectivity index (χ2n) is 7.08. The van der Waals surface area contributed by atoms with E-state index in [-0.39, 0.29) is 24.4 Å². The zero-order chi connectivity index (χ0) is 20.9. The fourth-order valence-electron chi connectivity index (χ4n) is 3.38. The summed E-state index contributed by atoms with van der Waals surface area (Å²) in [6, 6.07) is 27.1. The predicted octanol–water partition coefficient (Wildman–Crippen LogP) is 5.04. The van der Waals surface area contributed by atoms with Crippen molar-refractivity contribution in [3.05, 3.63) is 101 Å². The number of anilines is 1. The monoisotopic (exact) mass is 414 g/mol. The minimum absolute atomic E-state index is 0.0281. The molecular formula is C25H22N2O2S. The van der Waals surface area contributed by atoms with Crippen LogP contribution in [-0.2, 0) is 9.59 Å². The van der Waals surface area contributed by atoms with Crippen LogP contribution < -0.4 is 10.2 Å². The number of amides is 2. The zero-order valence-corrected chi connectivity index (χ0v) is 17.4. The van der Waals surface area contributed by atoms with E-state index in [2.05, 4.69) is 5.32 Å². The van der Waals surface area contributed by atoms with E-state index in [0.29, 0.717) is 4.91 Å². The molecule has 1 unspecified atom stereocenters. The van der Waals surface area contributed by atoms with Gasteiger partial charge in [-0.2, -0.15) is 0 Å². The van der Waals surface area contributed by atoms with E-state index in [1.54, 1.807) is 4.90 Å². The molecule has 0 radical (unpaired) electrons. The third-order valence-corrected chi connectivity index (χ3v) is 5.99. The maximum absolute atomic E-state index is 13.2. The minimum Gasteiger partial charge on any atom is -0.348 e. The third kappa shape index (κ3) is 4.47. The molecule has 2 amide bonds. The van der Waals surface area contributed by atoms with E-state index in [1.165, 1.54) is 11.8 Å². The molecule has 4 nitrogen and oxygen atoms in total. The van der Waals surface area contributed by atoms with Gasteiger partial charge in [0.05, 0.1) is 16.6 Å². The van der Waals surface area contributed by atoms with Crippen LogP contribution in [0.5, 0.6) is 0 Å². The molecule has 0 bridgehead atoms. The molecule has 0 fully saturated rings. The fraction of sp³-hybridized carbons (Fsp3) is 0.120. The Morgan fingerprint density at radius 3 is 2.33 bits per heavy atom. The molecule has 0 aliphatic carbocycles. The van der Waals surface area contributed by atoms with E-state index < -0.39 is 0 Å². The summed E-state index contributed by atoms with van der Waals surface area (Å²) in [5.74, 6) is -0.356. The number of carbonyl (C=O) groups excluding carboxylic acids is 2. The number of rotatable bonds is 5. The van der Waals surface area contributed by atoms with Gasteiger partial charge < -0.3 is 5.32 Å². The van der Waals surface area contributed by atoms with Crippen molar-refractivity contribution in [2.24, 2.45) is 0 Å². The zero-order valence-electron chi connectivity index (χ0n) is 16.6. The lowest BCUT2D eigenvalue weighted by molar-refractivity contribution is -0.122. The number of hydrogen-bond donors (Lipinski definition) is 1. The molecular weight excluding hydrogens is 392 g/mol. The fourth-order valence-corrected chi connectivity index (χ4v) is 4.43. The first-order valence-corrected chi connectivity index (χ1v) is 10.6. The van der Waals surface area contributed by atoms with Crippen LogP contribution in [-0.4, -0.2) is 18.4 Å². The molecule has 1 aliphatic rings. The van der Waals surface area contributed by atoms with Gasteiger partial charge in [0.1, 0.15) is 6.54 Å². The van der Waals surface area contributed by atoms with E-state index in [9.17, 15) is 9.59 Å². The Balaban J connectivity index is 1.57. The predicted molar refractivity (Wildman–Crippen MR) is 122 cm³/mol. The van der Waals surface area contributed by atoms with Crippen LogP contribution in [0.15, 0.2) is 94.7 Å². The molecule has 0 spiro atoms. The second kappa shape index (κ2) is 9.01. The molecule has 150 valence electrons. The van der Waals surface area contributed by atoms with Crippen molar-refractivity contribution in [1.82, 2.24) is 5.32 Å². The summed E-state index contributed by atoms with van der Waals surface area (Å²) < 4.78 is 0. The van der Waals surface area contributed by atoms with Gasteiger partial charge in [-0.3, -0.25) is 14.5 Å². The molecule has 1 N–H and O–H groups in total. The lowest BCUT2D eigenvalue weighted by Gasteiger charge is -2.30. The summed E-state index contributed by atoms with van der Waals surface area (Å²) in [7, 11) is 0. The largest absolute Gasteiger partial charge is 0.348 e. The van der Waals surface area contributed by atoms with Gasteiger partial charge in [0, 0.05) is 4.90 Å². The first-order chi connectivity index (χ1) is 14.6. The smallest absolute Gasteiger partial charge is 0.265 e. The van der Waals surface area contributed by atoms with Gasteiger partial charge in [-0.25, -0.2) is 0 Å². The number of para-hydroxylation sites is 1. The van der Waals surface area contributed by atoms with E-state index in [4.69, 9.17) is 0 Å². The van der Waals surface area contributed by atoms with Gasteiger partial charge in [-0.1, -0.05) is 84.6 Å². The standard InChI is InChI=1S/C25H22N2O2S/c1-18(20-12-6-3-7-13-20)26-24(28)17-27-21-14-8-9-15-22(21)30-23(25(27)29)16-19-10-4-2-5-11-19/h2-16,18H,17H2,1H3,(H,26,28). The van der Waals surface area contributed by atoms with Crippen molar-refractivity contribution in [3.8, 4) is 0 Å². The number of nitrogens with zero attached hydrogens (tertiary/aromatic N) is 1. The van der Waals surface area contributed by atoms with Crippen molar-refractivity contribution in [2.75, 3.05) is 11.4 Å². The Morgan fingerprint density at radius 1 is 0.967 bits per heavy atom.